The van der Waals surface area contributed by atoms with E-state index >= 15 is 0 Å². The van der Waals surface area contributed by atoms with Gasteiger partial charge in [0.05, 0.1) is 17.1 Å². The van der Waals surface area contributed by atoms with Crippen LogP contribution in [0, 0.1) is 5.92 Å². The first-order chi connectivity index (χ1) is 10.4. The number of likely N-dealkylation sites (N-methyl/N-ethyl adjacent to an activating group) is 1. The van der Waals surface area contributed by atoms with E-state index in [9.17, 15) is 14.4 Å². The van der Waals surface area contributed by atoms with Crippen LogP contribution in [0.15, 0.2) is 24.3 Å². The number of rotatable bonds is 6. The molecule has 0 saturated heterocycles. The lowest BCUT2D eigenvalue weighted by molar-refractivity contribution is -0.127. The van der Waals surface area contributed by atoms with Crippen molar-refractivity contribution < 1.29 is 14.4 Å². The van der Waals surface area contributed by atoms with Crippen molar-refractivity contribution in [1.29, 1.82) is 0 Å². The average molecular weight is 326 g/mol. The highest BCUT2D eigenvalue weighted by molar-refractivity contribution is 6.33. The zero-order valence-electron chi connectivity index (χ0n) is 12.8. The normalized spacial score (nSPS) is 11.7. The van der Waals surface area contributed by atoms with Crippen molar-refractivity contribution in [3.05, 3.63) is 34.9 Å². The summed E-state index contributed by atoms with van der Waals surface area (Å²) >= 11 is 5.97. The van der Waals surface area contributed by atoms with Gasteiger partial charge >= 0.3 is 0 Å². The molecule has 0 saturated carbocycles. The zero-order valence-corrected chi connectivity index (χ0v) is 13.5. The molecule has 0 aliphatic heterocycles. The maximum Gasteiger partial charge on any atom is 0.253 e. The van der Waals surface area contributed by atoms with Gasteiger partial charge in [-0.05, 0) is 18.1 Å². The van der Waals surface area contributed by atoms with Gasteiger partial charge in [0, 0.05) is 7.05 Å². The molecule has 0 fully saturated rings. The van der Waals surface area contributed by atoms with Gasteiger partial charge in [-0.3, -0.25) is 14.4 Å². The first-order valence-electron chi connectivity index (χ1n) is 6.90. The number of halogens is 1. The van der Waals surface area contributed by atoms with Crippen molar-refractivity contribution in [3.63, 3.8) is 0 Å². The first kappa shape index (κ1) is 18.0. The molecule has 0 aliphatic rings. The van der Waals surface area contributed by atoms with E-state index < -0.39 is 17.9 Å². The third-order valence-electron chi connectivity index (χ3n) is 3.06. The van der Waals surface area contributed by atoms with E-state index in [1.807, 2.05) is 0 Å². The van der Waals surface area contributed by atoms with Crippen LogP contribution in [0.3, 0.4) is 0 Å². The third kappa shape index (κ3) is 5.04. The Labute approximate surface area is 134 Å². The third-order valence-corrected chi connectivity index (χ3v) is 3.39. The van der Waals surface area contributed by atoms with Crippen LogP contribution in [-0.4, -0.2) is 37.4 Å². The molecule has 0 heterocycles. The van der Waals surface area contributed by atoms with Gasteiger partial charge < -0.3 is 16.0 Å². The van der Waals surface area contributed by atoms with Crippen molar-refractivity contribution in [2.45, 2.75) is 19.9 Å². The molecule has 3 N–H and O–H groups in total. The second kappa shape index (κ2) is 8.38. The Hall–Kier alpha value is -2.08. The lowest BCUT2D eigenvalue weighted by atomic mass is 10.0. The Bertz CT molecular complexity index is 561. The molecule has 0 aromatic heterocycles. The predicted octanol–water partition coefficient (Wildman–Crippen LogP) is 0.957. The van der Waals surface area contributed by atoms with Crippen LogP contribution < -0.4 is 16.0 Å². The van der Waals surface area contributed by atoms with Crippen LogP contribution in [0.4, 0.5) is 0 Å². The lowest BCUT2D eigenvalue weighted by Gasteiger charge is -2.21. The molecule has 0 radical (unpaired) electrons. The molecule has 1 aromatic rings. The number of benzene rings is 1. The summed E-state index contributed by atoms with van der Waals surface area (Å²) in [4.78, 5) is 35.5. The number of carbonyl (C=O) groups excluding carboxylic acids is 3. The van der Waals surface area contributed by atoms with Crippen LogP contribution in [0.25, 0.3) is 0 Å². The van der Waals surface area contributed by atoms with E-state index in [1.54, 1.807) is 38.1 Å². The molecule has 1 rings (SSSR count). The number of hydrogen-bond donors (Lipinski definition) is 3. The molecule has 1 aromatic carbocycles. The molecular formula is C15H20ClN3O3. The van der Waals surface area contributed by atoms with Crippen LogP contribution in [0.5, 0.6) is 0 Å². The number of hydrogen-bond acceptors (Lipinski definition) is 3. The molecule has 0 bridgehead atoms. The van der Waals surface area contributed by atoms with E-state index in [0.717, 1.165) is 0 Å². The minimum atomic E-state index is -0.756. The highest BCUT2D eigenvalue weighted by Gasteiger charge is 2.25. The minimum Gasteiger partial charge on any atom is -0.358 e. The molecule has 0 spiro atoms. The molecule has 1 unspecified atom stereocenters. The molecular weight excluding hydrogens is 306 g/mol. The van der Waals surface area contributed by atoms with E-state index in [0.29, 0.717) is 10.6 Å². The van der Waals surface area contributed by atoms with Gasteiger partial charge in [-0.15, -0.1) is 0 Å². The first-order valence-corrected chi connectivity index (χ1v) is 7.28. The fourth-order valence-electron chi connectivity index (χ4n) is 1.77. The van der Waals surface area contributed by atoms with E-state index in [2.05, 4.69) is 16.0 Å². The van der Waals surface area contributed by atoms with Crippen molar-refractivity contribution in [1.82, 2.24) is 16.0 Å². The Morgan fingerprint density at radius 2 is 1.82 bits per heavy atom. The monoisotopic (exact) mass is 325 g/mol. The Kier molecular flexibility index (Phi) is 6.85. The van der Waals surface area contributed by atoms with Crippen molar-refractivity contribution in [2.24, 2.45) is 5.92 Å². The number of nitrogens with one attached hydrogen (secondary N) is 3. The van der Waals surface area contributed by atoms with E-state index in [4.69, 9.17) is 11.6 Å². The van der Waals surface area contributed by atoms with Gasteiger partial charge in [0.1, 0.15) is 6.04 Å². The van der Waals surface area contributed by atoms with Gasteiger partial charge in [0.2, 0.25) is 11.8 Å². The molecule has 1 atom stereocenters. The summed E-state index contributed by atoms with van der Waals surface area (Å²) in [6.45, 7) is 3.47. The summed E-state index contributed by atoms with van der Waals surface area (Å²) in [5, 5.41) is 7.85. The van der Waals surface area contributed by atoms with Gasteiger partial charge in [0.15, 0.2) is 0 Å². The van der Waals surface area contributed by atoms with Gasteiger partial charge in [0.25, 0.3) is 5.91 Å². The fourth-order valence-corrected chi connectivity index (χ4v) is 1.99. The summed E-state index contributed by atoms with van der Waals surface area (Å²) in [6.07, 6.45) is 0. The van der Waals surface area contributed by atoms with Crippen molar-refractivity contribution in [3.8, 4) is 0 Å². The van der Waals surface area contributed by atoms with Crippen molar-refractivity contribution >= 4 is 29.3 Å². The molecule has 0 aliphatic carbocycles. The predicted molar refractivity (Wildman–Crippen MR) is 84.6 cm³/mol. The number of amides is 3. The largest absolute Gasteiger partial charge is 0.358 e. The quantitative estimate of drug-likeness (QED) is 0.728. The minimum absolute atomic E-state index is 0.138. The second-order valence-electron chi connectivity index (χ2n) is 5.07. The number of carbonyl (C=O) groups is 3. The fraction of sp³-hybridized carbons (Fsp3) is 0.400. The summed E-state index contributed by atoms with van der Waals surface area (Å²) < 4.78 is 0. The highest BCUT2D eigenvalue weighted by atomic mass is 35.5. The Morgan fingerprint density at radius 3 is 2.36 bits per heavy atom. The summed E-state index contributed by atoms with van der Waals surface area (Å²) in [7, 11) is 1.48. The molecule has 22 heavy (non-hydrogen) atoms. The smallest absolute Gasteiger partial charge is 0.253 e. The lowest BCUT2D eigenvalue weighted by Crippen LogP contribution is -2.51. The Morgan fingerprint density at radius 1 is 1.18 bits per heavy atom. The molecule has 120 valence electrons. The summed E-state index contributed by atoms with van der Waals surface area (Å²) in [6, 6.07) is 5.84. The van der Waals surface area contributed by atoms with Crippen LogP contribution in [0.2, 0.25) is 5.02 Å². The van der Waals surface area contributed by atoms with Crippen molar-refractivity contribution in [2.75, 3.05) is 13.6 Å². The topological polar surface area (TPSA) is 87.3 Å². The Balaban J connectivity index is 2.76. The zero-order chi connectivity index (χ0) is 16.7. The van der Waals surface area contributed by atoms with E-state index in [1.165, 1.54) is 7.05 Å². The summed E-state index contributed by atoms with van der Waals surface area (Å²) in [5.74, 6) is -1.30. The van der Waals surface area contributed by atoms with Crippen LogP contribution in [-0.2, 0) is 9.59 Å². The summed E-state index contributed by atoms with van der Waals surface area (Å²) in [5.41, 5.74) is 0.300. The van der Waals surface area contributed by atoms with Gasteiger partial charge in [-0.2, -0.15) is 0 Å². The second-order valence-corrected chi connectivity index (χ2v) is 5.47. The highest BCUT2D eigenvalue weighted by Crippen LogP contribution is 2.15. The molecule has 6 nitrogen and oxygen atoms in total. The molecule has 7 heteroatoms. The van der Waals surface area contributed by atoms with Crippen LogP contribution >= 0.6 is 11.6 Å². The van der Waals surface area contributed by atoms with Gasteiger partial charge in [-0.25, -0.2) is 0 Å². The van der Waals surface area contributed by atoms with E-state index in [-0.39, 0.29) is 18.4 Å². The SMILES string of the molecule is CNC(=O)CNC(=O)C(NC(=O)c1ccccc1Cl)C(C)C. The molecule has 3 amide bonds. The average Bonchev–Trinajstić information content (AvgIpc) is 2.49. The maximum absolute atomic E-state index is 12.2. The maximum atomic E-state index is 12.2. The standard InChI is InChI=1S/C15H20ClN3O3/c1-9(2)13(15(22)18-8-12(20)17-3)19-14(21)10-6-4-5-7-11(10)16/h4-7,9,13H,8H2,1-3H3,(H,17,20)(H,18,22)(H,19,21). The van der Waals surface area contributed by atoms with Crippen LogP contribution in [0.1, 0.15) is 24.2 Å². The van der Waals surface area contributed by atoms with Gasteiger partial charge in [-0.1, -0.05) is 37.6 Å².